The van der Waals surface area contributed by atoms with E-state index in [1.54, 1.807) is 50.2 Å². The number of nitrogens with zero attached hydrogens (tertiary/aromatic N) is 2. The van der Waals surface area contributed by atoms with E-state index in [1.807, 2.05) is 31.2 Å². The maximum atomic E-state index is 13.9. The van der Waals surface area contributed by atoms with Gasteiger partial charge in [-0.1, -0.05) is 48.0 Å². The molecule has 0 saturated carbocycles. The number of rotatable bonds is 10. The number of fused-ring (bicyclic) bond motifs is 1. The first kappa shape index (κ1) is 28.0. The first-order chi connectivity index (χ1) is 18.7. The summed E-state index contributed by atoms with van der Waals surface area (Å²) in [6.45, 7) is 6.14. The molecule has 0 saturated heterocycles. The molecule has 3 aromatic rings. The van der Waals surface area contributed by atoms with Gasteiger partial charge in [0, 0.05) is 19.2 Å². The summed E-state index contributed by atoms with van der Waals surface area (Å²) in [5.74, 6) is 0.0457. The first-order valence-corrected chi connectivity index (χ1v) is 14.2. The van der Waals surface area contributed by atoms with Crippen molar-refractivity contribution in [2.75, 3.05) is 30.6 Å². The quantitative estimate of drug-likeness (QED) is 0.414. The summed E-state index contributed by atoms with van der Waals surface area (Å²) in [5, 5.41) is 2.76. The Morgan fingerprint density at radius 3 is 2.28 bits per heavy atom. The average molecular weight is 552 g/mol. The molecule has 39 heavy (non-hydrogen) atoms. The van der Waals surface area contributed by atoms with Crippen LogP contribution >= 0.6 is 0 Å². The minimum atomic E-state index is -4.15. The zero-order valence-electron chi connectivity index (χ0n) is 22.3. The number of amides is 2. The molecule has 0 aromatic heterocycles. The van der Waals surface area contributed by atoms with Crippen molar-refractivity contribution < 1.29 is 27.5 Å². The van der Waals surface area contributed by atoms with Crippen LogP contribution in [0.5, 0.6) is 11.5 Å². The van der Waals surface area contributed by atoms with Crippen LogP contribution < -0.4 is 19.1 Å². The predicted molar refractivity (Wildman–Crippen MR) is 148 cm³/mol. The molecule has 3 aromatic carbocycles. The predicted octanol–water partition coefficient (Wildman–Crippen LogP) is 3.51. The van der Waals surface area contributed by atoms with Crippen LogP contribution in [0.3, 0.4) is 0 Å². The van der Waals surface area contributed by atoms with E-state index in [2.05, 4.69) is 5.32 Å². The molecular formula is C29H33N3O6S. The third-order valence-electron chi connectivity index (χ3n) is 6.42. The number of hydrogen-bond acceptors (Lipinski definition) is 6. The minimum Gasteiger partial charge on any atom is -0.486 e. The van der Waals surface area contributed by atoms with E-state index < -0.39 is 28.5 Å². The average Bonchev–Trinajstić information content (AvgIpc) is 2.95. The van der Waals surface area contributed by atoms with Crippen LogP contribution in [0.1, 0.15) is 25.0 Å². The van der Waals surface area contributed by atoms with E-state index in [-0.39, 0.29) is 23.0 Å². The van der Waals surface area contributed by atoms with E-state index >= 15 is 0 Å². The van der Waals surface area contributed by atoms with Crippen molar-refractivity contribution in [2.45, 2.75) is 38.3 Å². The minimum absolute atomic E-state index is 0.0366. The number of likely N-dealkylation sites (N-methyl/N-ethyl adjacent to an activating group) is 1. The van der Waals surface area contributed by atoms with E-state index in [0.29, 0.717) is 31.3 Å². The summed E-state index contributed by atoms with van der Waals surface area (Å²) >= 11 is 0. The topological polar surface area (TPSA) is 105 Å². The van der Waals surface area contributed by atoms with Crippen molar-refractivity contribution >= 4 is 27.5 Å². The van der Waals surface area contributed by atoms with Gasteiger partial charge in [0.05, 0.1) is 10.6 Å². The second-order valence-corrected chi connectivity index (χ2v) is 11.1. The second-order valence-electron chi connectivity index (χ2n) is 9.23. The van der Waals surface area contributed by atoms with E-state index in [4.69, 9.17) is 9.47 Å². The van der Waals surface area contributed by atoms with Gasteiger partial charge in [0.25, 0.3) is 10.0 Å². The lowest BCUT2D eigenvalue weighted by molar-refractivity contribution is -0.139. The Labute approximate surface area is 229 Å². The number of hydrogen-bond donors (Lipinski definition) is 1. The van der Waals surface area contributed by atoms with Crippen LogP contribution in [0.15, 0.2) is 77.7 Å². The van der Waals surface area contributed by atoms with Gasteiger partial charge in [-0.3, -0.25) is 13.9 Å². The summed E-state index contributed by atoms with van der Waals surface area (Å²) < 4.78 is 40.0. The van der Waals surface area contributed by atoms with E-state index in [0.717, 1.165) is 15.4 Å². The zero-order chi connectivity index (χ0) is 28.0. The number of carbonyl (C=O) groups is 2. The molecule has 4 rings (SSSR count). The van der Waals surface area contributed by atoms with Crippen molar-refractivity contribution in [1.82, 2.24) is 10.2 Å². The fourth-order valence-electron chi connectivity index (χ4n) is 4.23. The Morgan fingerprint density at radius 1 is 0.949 bits per heavy atom. The lowest BCUT2D eigenvalue weighted by Crippen LogP contribution is -2.51. The molecule has 1 N–H and O–H groups in total. The lowest BCUT2D eigenvalue weighted by Gasteiger charge is -2.32. The van der Waals surface area contributed by atoms with E-state index in [9.17, 15) is 18.0 Å². The van der Waals surface area contributed by atoms with Gasteiger partial charge >= 0.3 is 0 Å². The highest BCUT2D eigenvalue weighted by atomic mass is 32.2. The number of sulfonamides is 1. The number of benzene rings is 3. The summed E-state index contributed by atoms with van der Waals surface area (Å²) in [6, 6.07) is 19.5. The Hall–Kier alpha value is -4.05. The van der Waals surface area contributed by atoms with Crippen molar-refractivity contribution in [3.63, 3.8) is 0 Å². The van der Waals surface area contributed by atoms with Gasteiger partial charge in [0.2, 0.25) is 11.8 Å². The van der Waals surface area contributed by atoms with Gasteiger partial charge < -0.3 is 19.7 Å². The largest absolute Gasteiger partial charge is 0.486 e. The van der Waals surface area contributed by atoms with Crippen LogP contribution in [0.25, 0.3) is 0 Å². The SMILES string of the molecule is CCNC(=O)[C@H](C)N(Cc1ccc(C)cc1)C(=O)CN(c1ccc2c(c1)OCCO2)S(=O)(=O)c1ccccc1. The fraction of sp³-hybridized carbons (Fsp3) is 0.310. The second kappa shape index (κ2) is 12.2. The van der Waals surface area contributed by atoms with Gasteiger partial charge in [-0.05, 0) is 50.6 Å². The summed E-state index contributed by atoms with van der Waals surface area (Å²) in [5.41, 5.74) is 2.13. The lowest BCUT2D eigenvalue weighted by atomic mass is 10.1. The zero-order valence-corrected chi connectivity index (χ0v) is 23.1. The Morgan fingerprint density at radius 2 is 1.62 bits per heavy atom. The van der Waals surface area contributed by atoms with Crippen molar-refractivity contribution in [2.24, 2.45) is 0 Å². The molecule has 0 spiro atoms. The Bertz CT molecular complexity index is 1410. The molecule has 1 aliphatic rings. The maximum Gasteiger partial charge on any atom is 0.264 e. The molecular weight excluding hydrogens is 518 g/mol. The highest BCUT2D eigenvalue weighted by Crippen LogP contribution is 2.36. The summed E-state index contributed by atoms with van der Waals surface area (Å²) in [7, 11) is -4.15. The molecule has 0 fully saturated rings. The molecule has 0 aliphatic carbocycles. The number of carbonyl (C=O) groups excluding carboxylic acids is 2. The Balaban J connectivity index is 1.73. The standard InChI is InChI=1S/C29H33N3O6S/c1-4-30-29(34)22(3)31(19-23-12-10-21(2)11-13-23)28(33)20-32(39(35,36)25-8-6-5-7-9-25)24-14-15-26-27(18-24)38-17-16-37-26/h5-15,18,22H,4,16-17,19-20H2,1-3H3,(H,30,34)/t22-/m0/s1. The summed E-state index contributed by atoms with van der Waals surface area (Å²) in [4.78, 5) is 28.1. The fourth-order valence-corrected chi connectivity index (χ4v) is 5.66. The van der Waals surface area contributed by atoms with Crippen molar-refractivity contribution in [1.29, 1.82) is 0 Å². The number of aryl methyl sites for hydroxylation is 1. The van der Waals surface area contributed by atoms with Crippen molar-refractivity contribution in [3.8, 4) is 11.5 Å². The monoisotopic (exact) mass is 551 g/mol. The number of ether oxygens (including phenoxy) is 2. The molecule has 0 unspecified atom stereocenters. The summed E-state index contributed by atoms with van der Waals surface area (Å²) in [6.07, 6.45) is 0. The maximum absolute atomic E-state index is 13.9. The number of nitrogens with one attached hydrogen (secondary N) is 1. The van der Waals surface area contributed by atoms with Crippen LogP contribution in [-0.4, -0.2) is 57.5 Å². The molecule has 1 aliphatic heterocycles. The highest BCUT2D eigenvalue weighted by molar-refractivity contribution is 7.92. The van der Waals surface area contributed by atoms with Crippen LogP contribution in [-0.2, 0) is 26.2 Å². The molecule has 1 heterocycles. The number of anilines is 1. The van der Waals surface area contributed by atoms with Gasteiger partial charge in [0.1, 0.15) is 25.8 Å². The molecule has 0 radical (unpaired) electrons. The first-order valence-electron chi connectivity index (χ1n) is 12.8. The highest BCUT2D eigenvalue weighted by Gasteiger charge is 2.33. The third-order valence-corrected chi connectivity index (χ3v) is 8.20. The van der Waals surface area contributed by atoms with Gasteiger partial charge in [-0.2, -0.15) is 0 Å². The van der Waals surface area contributed by atoms with Gasteiger partial charge in [-0.25, -0.2) is 8.42 Å². The third kappa shape index (κ3) is 6.51. The molecule has 0 bridgehead atoms. The van der Waals surface area contributed by atoms with Crippen LogP contribution in [0.4, 0.5) is 5.69 Å². The molecule has 1 atom stereocenters. The molecule has 206 valence electrons. The molecule has 10 heteroatoms. The van der Waals surface area contributed by atoms with Crippen LogP contribution in [0.2, 0.25) is 0 Å². The molecule has 9 nitrogen and oxygen atoms in total. The van der Waals surface area contributed by atoms with Gasteiger partial charge in [-0.15, -0.1) is 0 Å². The normalized spacial score (nSPS) is 13.3. The van der Waals surface area contributed by atoms with Crippen LogP contribution in [0, 0.1) is 6.92 Å². The molecule has 2 amide bonds. The van der Waals surface area contributed by atoms with Gasteiger partial charge in [0.15, 0.2) is 11.5 Å². The Kier molecular flexibility index (Phi) is 8.75. The van der Waals surface area contributed by atoms with Crippen molar-refractivity contribution in [3.05, 3.63) is 83.9 Å². The smallest absolute Gasteiger partial charge is 0.264 e. The van der Waals surface area contributed by atoms with E-state index in [1.165, 1.54) is 17.0 Å².